The third-order valence-electron chi connectivity index (χ3n) is 14.9. The highest BCUT2D eigenvalue weighted by molar-refractivity contribution is 7.26. The fourth-order valence-electron chi connectivity index (χ4n) is 11.9. The molecule has 0 unspecified atom stereocenters. The third kappa shape index (κ3) is 6.39. The Kier molecular flexibility index (Phi) is 9.69. The van der Waals surface area contributed by atoms with Crippen LogP contribution < -0.4 is 4.90 Å². The van der Waals surface area contributed by atoms with Crippen LogP contribution in [0.1, 0.15) is 22.3 Å². The molecule has 0 aliphatic heterocycles. The molecule has 0 saturated carbocycles. The van der Waals surface area contributed by atoms with Crippen molar-refractivity contribution in [3.63, 3.8) is 0 Å². The zero-order chi connectivity index (χ0) is 46.9. The highest BCUT2D eigenvalue weighted by atomic mass is 32.1. The molecule has 1 heterocycles. The van der Waals surface area contributed by atoms with Gasteiger partial charge in [0.15, 0.2) is 0 Å². The second-order valence-electron chi connectivity index (χ2n) is 18.7. The summed E-state index contributed by atoms with van der Waals surface area (Å²) in [5.74, 6) is 0. The highest BCUT2D eigenvalue weighted by Gasteiger charge is 2.47. The van der Waals surface area contributed by atoms with E-state index in [1.165, 1.54) is 103 Å². The van der Waals surface area contributed by atoms with Crippen molar-refractivity contribution in [2.45, 2.75) is 5.41 Å². The number of rotatable bonds is 8. The van der Waals surface area contributed by atoms with Gasteiger partial charge in [0.25, 0.3) is 0 Å². The molecule has 1 aliphatic carbocycles. The normalized spacial score (nSPS) is 12.6. The lowest BCUT2D eigenvalue weighted by Crippen LogP contribution is -2.28. The molecule has 71 heavy (non-hydrogen) atoms. The molecule has 332 valence electrons. The van der Waals surface area contributed by atoms with Crippen LogP contribution in [0.25, 0.3) is 86.2 Å². The van der Waals surface area contributed by atoms with Crippen molar-refractivity contribution in [2.24, 2.45) is 0 Å². The average Bonchev–Trinajstić information content (AvgIpc) is 3.99. The highest BCUT2D eigenvalue weighted by Crippen LogP contribution is 2.61. The van der Waals surface area contributed by atoms with E-state index >= 15 is 0 Å². The van der Waals surface area contributed by atoms with Gasteiger partial charge in [-0.3, -0.25) is 0 Å². The Morgan fingerprint density at radius 1 is 0.310 bits per heavy atom. The molecule has 0 bridgehead atoms. The lowest BCUT2D eigenvalue weighted by Gasteiger charge is -2.35. The average molecular weight is 920 g/mol. The van der Waals surface area contributed by atoms with Crippen LogP contribution in [0, 0.1) is 0 Å². The zero-order valence-electron chi connectivity index (χ0n) is 38.8. The van der Waals surface area contributed by atoms with E-state index in [0.717, 1.165) is 22.6 Å². The minimum atomic E-state index is -0.573. The van der Waals surface area contributed by atoms with E-state index in [0.29, 0.717) is 0 Å². The van der Waals surface area contributed by atoms with Crippen LogP contribution in [0.15, 0.2) is 273 Å². The second kappa shape index (κ2) is 16.7. The quantitative estimate of drug-likeness (QED) is 0.137. The molecule has 0 spiro atoms. The standard InChI is InChI=1S/C69H45NS/c1-4-21-46(22-5-1)47-41-43-48(44-42-47)65-57-32-12-10-29-54(57)55-30-11-13-33-58(55)67(65)70(52-28-18-23-49(45-52)53-35-19-36-59-56-31-15-17-40-64(56)71-68(53)59)63-39-20-38-62-66(63)60-34-14-16-37-61(60)69(62,50-24-6-2-7-25-50)51-26-8-3-9-27-51/h1-45H. The van der Waals surface area contributed by atoms with E-state index in [1.54, 1.807) is 0 Å². The van der Waals surface area contributed by atoms with E-state index in [-0.39, 0.29) is 0 Å². The summed E-state index contributed by atoms with van der Waals surface area (Å²) in [5, 5.41) is 7.44. The van der Waals surface area contributed by atoms with Crippen molar-refractivity contribution >= 4 is 70.1 Å². The molecule has 0 fully saturated rings. The number of hydrogen-bond donors (Lipinski definition) is 0. The fourth-order valence-corrected chi connectivity index (χ4v) is 13.2. The third-order valence-corrected chi connectivity index (χ3v) is 16.2. The number of anilines is 3. The Morgan fingerprint density at radius 3 is 1.56 bits per heavy atom. The summed E-state index contributed by atoms with van der Waals surface area (Å²) in [4.78, 5) is 2.62. The molecule has 1 aromatic heterocycles. The van der Waals surface area contributed by atoms with E-state index in [9.17, 15) is 0 Å². The smallest absolute Gasteiger partial charge is 0.0714 e. The summed E-state index contributed by atoms with van der Waals surface area (Å²) in [6.07, 6.45) is 0. The van der Waals surface area contributed by atoms with Gasteiger partial charge in [-0.25, -0.2) is 0 Å². The minimum absolute atomic E-state index is 0.573. The van der Waals surface area contributed by atoms with Crippen LogP contribution in [0.5, 0.6) is 0 Å². The zero-order valence-corrected chi connectivity index (χ0v) is 39.7. The van der Waals surface area contributed by atoms with Gasteiger partial charge in [0.1, 0.15) is 0 Å². The maximum absolute atomic E-state index is 2.62. The summed E-state index contributed by atoms with van der Waals surface area (Å²) in [6, 6.07) is 101. The van der Waals surface area contributed by atoms with Crippen molar-refractivity contribution < 1.29 is 0 Å². The van der Waals surface area contributed by atoms with Crippen LogP contribution in [0.4, 0.5) is 17.1 Å². The summed E-state index contributed by atoms with van der Waals surface area (Å²) < 4.78 is 2.61. The molecule has 0 saturated heterocycles. The molecule has 2 heteroatoms. The molecule has 0 amide bonds. The van der Waals surface area contributed by atoms with Crippen molar-refractivity contribution in [2.75, 3.05) is 4.90 Å². The first-order chi connectivity index (χ1) is 35.3. The Labute approximate surface area is 417 Å². The van der Waals surface area contributed by atoms with E-state index in [4.69, 9.17) is 0 Å². The minimum Gasteiger partial charge on any atom is -0.309 e. The van der Waals surface area contributed by atoms with Crippen LogP contribution in [0.3, 0.4) is 0 Å². The first-order valence-corrected chi connectivity index (χ1v) is 25.3. The van der Waals surface area contributed by atoms with Gasteiger partial charge in [0, 0.05) is 42.4 Å². The van der Waals surface area contributed by atoms with E-state index < -0.39 is 5.41 Å². The monoisotopic (exact) mass is 919 g/mol. The first kappa shape index (κ1) is 41.2. The van der Waals surface area contributed by atoms with Crippen LogP contribution in [-0.2, 0) is 5.41 Å². The summed E-state index contributed by atoms with van der Waals surface area (Å²) in [6.45, 7) is 0. The number of benzene rings is 12. The van der Waals surface area contributed by atoms with Crippen LogP contribution in [-0.4, -0.2) is 0 Å². The molecule has 0 radical (unpaired) electrons. The lowest BCUT2D eigenvalue weighted by atomic mass is 9.68. The van der Waals surface area contributed by atoms with Crippen molar-refractivity contribution in [3.05, 3.63) is 295 Å². The van der Waals surface area contributed by atoms with E-state index in [2.05, 4.69) is 278 Å². The van der Waals surface area contributed by atoms with Crippen molar-refractivity contribution in [1.82, 2.24) is 0 Å². The molecular formula is C69H45NS. The van der Waals surface area contributed by atoms with Crippen LogP contribution >= 0.6 is 11.3 Å². The lowest BCUT2D eigenvalue weighted by molar-refractivity contribution is 0.768. The maximum atomic E-state index is 2.62. The second-order valence-corrected chi connectivity index (χ2v) is 19.7. The number of thiophene rings is 1. The molecule has 12 aromatic carbocycles. The Balaban J connectivity index is 1.12. The van der Waals surface area contributed by atoms with Crippen molar-refractivity contribution in [1.29, 1.82) is 0 Å². The first-order valence-electron chi connectivity index (χ1n) is 24.5. The van der Waals surface area contributed by atoms with Gasteiger partial charge in [-0.15, -0.1) is 11.3 Å². The Hall–Kier alpha value is -8.82. The van der Waals surface area contributed by atoms with Gasteiger partial charge in [-0.2, -0.15) is 0 Å². The molecule has 0 atom stereocenters. The summed E-state index contributed by atoms with van der Waals surface area (Å²) >= 11 is 1.88. The predicted octanol–water partition coefficient (Wildman–Crippen LogP) is 19.2. The Morgan fingerprint density at radius 2 is 0.817 bits per heavy atom. The van der Waals surface area contributed by atoms with Gasteiger partial charge in [0.05, 0.1) is 16.8 Å². The van der Waals surface area contributed by atoms with Gasteiger partial charge in [-0.1, -0.05) is 249 Å². The number of hydrogen-bond acceptors (Lipinski definition) is 2. The van der Waals surface area contributed by atoms with Crippen molar-refractivity contribution in [3.8, 4) is 44.5 Å². The molecule has 1 aliphatic rings. The summed E-state index contributed by atoms with van der Waals surface area (Å²) in [5.41, 5.74) is 17.5. The molecule has 13 aromatic rings. The van der Waals surface area contributed by atoms with Gasteiger partial charge >= 0.3 is 0 Å². The largest absolute Gasteiger partial charge is 0.309 e. The molecular weight excluding hydrogens is 875 g/mol. The van der Waals surface area contributed by atoms with Gasteiger partial charge in [-0.05, 0) is 96.1 Å². The van der Waals surface area contributed by atoms with E-state index in [1.807, 2.05) is 11.3 Å². The predicted molar refractivity (Wildman–Crippen MR) is 303 cm³/mol. The molecule has 0 N–H and O–H groups in total. The fraction of sp³-hybridized carbons (Fsp3) is 0.0145. The van der Waals surface area contributed by atoms with Gasteiger partial charge in [0.2, 0.25) is 0 Å². The maximum Gasteiger partial charge on any atom is 0.0714 e. The van der Waals surface area contributed by atoms with Crippen LogP contribution in [0.2, 0.25) is 0 Å². The van der Waals surface area contributed by atoms with Gasteiger partial charge < -0.3 is 4.90 Å². The number of fused-ring (bicyclic) bond motifs is 9. The SMILES string of the molecule is c1ccc(-c2ccc(-c3c(N(c4cccc(-c5cccc6c5sc5ccccc56)c4)c4cccc5c4-c4ccccc4C5(c4ccccc4)c4ccccc4)c4ccccc4c4ccccc34)cc2)cc1. The molecule has 14 rings (SSSR count). The summed E-state index contributed by atoms with van der Waals surface area (Å²) in [7, 11) is 0. The topological polar surface area (TPSA) is 3.24 Å². The molecule has 1 nitrogen and oxygen atoms in total. The Bertz CT molecular complexity index is 4110. The number of nitrogens with zero attached hydrogens (tertiary/aromatic N) is 1.